The Morgan fingerprint density at radius 3 is 2.60 bits per heavy atom. The minimum atomic E-state index is -4.83. The van der Waals surface area contributed by atoms with Crippen LogP contribution in [0.3, 0.4) is 0 Å². The van der Waals surface area contributed by atoms with Crippen LogP contribution in [0.1, 0.15) is 46.0 Å². The standard InChI is InChI=1S/C21H29O8P/c1-19-7-5-13(22)9-12(19)3-4-14-15-6-8-21(25,11-29-30(26,27)28)18(24)20(15,2)10-16(23)17(14)19/h5,7,9,14-17,23,25H,3-4,6,8,10-11H2,1-2H3,(H2,26,27,28)/t14-,15-,16-,17+,19-,20-,21-/m0/s1. The highest BCUT2D eigenvalue weighted by molar-refractivity contribution is 7.46. The summed E-state index contributed by atoms with van der Waals surface area (Å²) in [5, 5.41) is 22.1. The summed E-state index contributed by atoms with van der Waals surface area (Å²) in [5.41, 5.74) is -2.43. The lowest BCUT2D eigenvalue weighted by Crippen LogP contribution is -2.65. The molecule has 3 saturated carbocycles. The number of phosphoric acid groups is 1. The van der Waals surface area contributed by atoms with E-state index in [0.717, 1.165) is 12.0 Å². The molecule has 166 valence electrons. The molecule has 4 aliphatic rings. The number of aliphatic hydroxyl groups excluding tert-OH is 1. The van der Waals surface area contributed by atoms with Crippen LogP contribution in [0.4, 0.5) is 0 Å². The SMILES string of the molecule is C[C@]12C=CC(=O)C=C1CC[C@@H]1[C@@H]2[C@@H](O)C[C@]2(C)C(=O)[C@@](O)(COP(=O)(O)O)CC[C@@H]12. The van der Waals surface area contributed by atoms with Gasteiger partial charge in [0.15, 0.2) is 11.6 Å². The highest BCUT2D eigenvalue weighted by atomic mass is 31.2. The smallest absolute Gasteiger partial charge is 0.393 e. The molecule has 0 unspecified atom stereocenters. The summed E-state index contributed by atoms with van der Waals surface area (Å²) in [5.74, 6) is -0.726. The first-order valence-electron chi connectivity index (χ1n) is 10.4. The van der Waals surface area contributed by atoms with E-state index in [0.29, 0.717) is 12.8 Å². The van der Waals surface area contributed by atoms with Gasteiger partial charge in [-0.05, 0) is 56.1 Å². The van der Waals surface area contributed by atoms with E-state index in [1.165, 1.54) is 0 Å². The minimum Gasteiger partial charge on any atom is -0.393 e. The molecule has 0 bridgehead atoms. The lowest BCUT2D eigenvalue weighted by atomic mass is 9.43. The third-order valence-electron chi connectivity index (χ3n) is 8.17. The van der Waals surface area contributed by atoms with Gasteiger partial charge in [-0.15, -0.1) is 0 Å². The van der Waals surface area contributed by atoms with Crippen molar-refractivity contribution in [1.82, 2.24) is 0 Å². The molecule has 0 heterocycles. The van der Waals surface area contributed by atoms with Crippen LogP contribution in [0.2, 0.25) is 0 Å². The summed E-state index contributed by atoms with van der Waals surface area (Å²) >= 11 is 0. The molecule has 0 spiro atoms. The van der Waals surface area contributed by atoms with Crippen molar-refractivity contribution in [2.45, 2.75) is 57.7 Å². The van der Waals surface area contributed by atoms with Gasteiger partial charge in [0.25, 0.3) is 0 Å². The number of phosphoric ester groups is 1. The molecule has 8 nitrogen and oxygen atoms in total. The maximum Gasteiger partial charge on any atom is 0.469 e. The Kier molecular flexibility index (Phi) is 5.09. The third kappa shape index (κ3) is 3.29. The molecule has 0 aliphatic heterocycles. The molecule has 0 aromatic rings. The van der Waals surface area contributed by atoms with E-state index in [2.05, 4.69) is 4.52 Å². The molecule has 3 fully saturated rings. The second-order valence-corrected chi connectivity index (χ2v) is 11.1. The average molecular weight is 440 g/mol. The zero-order valence-electron chi connectivity index (χ0n) is 17.2. The summed E-state index contributed by atoms with van der Waals surface area (Å²) in [4.78, 5) is 43.2. The van der Waals surface area contributed by atoms with E-state index in [1.807, 2.05) is 13.0 Å². The van der Waals surface area contributed by atoms with Crippen molar-refractivity contribution in [3.63, 3.8) is 0 Å². The molecule has 4 aliphatic carbocycles. The normalized spacial score (nSPS) is 46.0. The van der Waals surface area contributed by atoms with Gasteiger partial charge in [0, 0.05) is 16.7 Å². The van der Waals surface area contributed by atoms with Crippen LogP contribution < -0.4 is 0 Å². The molecule has 0 amide bonds. The number of carbonyl (C=O) groups is 2. The lowest BCUT2D eigenvalue weighted by Gasteiger charge is -2.61. The van der Waals surface area contributed by atoms with Gasteiger partial charge in [-0.2, -0.15) is 0 Å². The van der Waals surface area contributed by atoms with Gasteiger partial charge in [-0.1, -0.05) is 25.5 Å². The van der Waals surface area contributed by atoms with Gasteiger partial charge in [0.05, 0.1) is 12.7 Å². The van der Waals surface area contributed by atoms with E-state index in [4.69, 9.17) is 9.79 Å². The summed E-state index contributed by atoms with van der Waals surface area (Å²) < 4.78 is 15.6. The molecule has 4 N–H and O–H groups in total. The minimum absolute atomic E-state index is 0.0370. The lowest BCUT2D eigenvalue weighted by molar-refractivity contribution is -0.187. The number of Topliss-reactive ketones (excluding diaryl/α,β-unsaturated/α-hetero) is 1. The Hall–Kier alpha value is -1.15. The van der Waals surface area contributed by atoms with Crippen molar-refractivity contribution >= 4 is 19.4 Å². The number of allylic oxidation sites excluding steroid dienone is 4. The Morgan fingerprint density at radius 1 is 1.23 bits per heavy atom. The molecular formula is C21H29O8P. The number of rotatable bonds is 3. The number of aliphatic hydroxyl groups is 2. The maximum atomic E-state index is 13.4. The number of ketones is 2. The van der Waals surface area contributed by atoms with E-state index >= 15 is 0 Å². The highest BCUT2D eigenvalue weighted by Gasteiger charge is 2.64. The quantitative estimate of drug-likeness (QED) is 0.486. The fraction of sp³-hybridized carbons (Fsp3) is 0.714. The van der Waals surface area contributed by atoms with E-state index < -0.39 is 42.7 Å². The molecule has 4 rings (SSSR count). The number of carbonyl (C=O) groups excluding carboxylic acids is 2. The molecule has 30 heavy (non-hydrogen) atoms. The second kappa shape index (κ2) is 6.92. The Bertz CT molecular complexity index is 889. The van der Waals surface area contributed by atoms with Crippen molar-refractivity contribution in [2.24, 2.45) is 28.6 Å². The summed E-state index contributed by atoms with van der Waals surface area (Å²) in [7, 11) is -4.83. The van der Waals surface area contributed by atoms with Gasteiger partial charge in [-0.25, -0.2) is 4.57 Å². The topological polar surface area (TPSA) is 141 Å². The molecule has 7 atom stereocenters. The largest absolute Gasteiger partial charge is 0.469 e. The van der Waals surface area contributed by atoms with Gasteiger partial charge in [0.2, 0.25) is 0 Å². The van der Waals surface area contributed by atoms with Crippen molar-refractivity contribution in [3.05, 3.63) is 23.8 Å². The monoisotopic (exact) mass is 440 g/mol. The van der Waals surface area contributed by atoms with Gasteiger partial charge in [0.1, 0.15) is 5.60 Å². The van der Waals surface area contributed by atoms with Crippen LogP contribution in [0.25, 0.3) is 0 Å². The van der Waals surface area contributed by atoms with Crippen LogP contribution in [0, 0.1) is 28.6 Å². The first kappa shape index (κ1) is 22.1. The predicted octanol–water partition coefficient (Wildman–Crippen LogP) is 1.67. The first-order chi connectivity index (χ1) is 13.8. The van der Waals surface area contributed by atoms with Crippen molar-refractivity contribution in [1.29, 1.82) is 0 Å². The fourth-order valence-corrected chi connectivity index (χ4v) is 7.22. The molecule has 0 radical (unpaired) electrons. The first-order valence-corrected chi connectivity index (χ1v) is 11.9. The Balaban J connectivity index is 1.65. The summed E-state index contributed by atoms with van der Waals surface area (Å²) in [6.45, 7) is 3.02. The Morgan fingerprint density at radius 2 is 1.93 bits per heavy atom. The predicted molar refractivity (Wildman–Crippen MR) is 106 cm³/mol. The van der Waals surface area contributed by atoms with Crippen LogP contribution in [-0.4, -0.2) is 49.9 Å². The van der Waals surface area contributed by atoms with Crippen molar-refractivity contribution in [2.75, 3.05) is 6.61 Å². The van der Waals surface area contributed by atoms with Crippen molar-refractivity contribution in [3.8, 4) is 0 Å². The third-order valence-corrected chi connectivity index (χ3v) is 8.63. The van der Waals surface area contributed by atoms with Crippen LogP contribution >= 0.6 is 7.82 Å². The van der Waals surface area contributed by atoms with E-state index in [9.17, 15) is 24.4 Å². The number of hydrogen-bond donors (Lipinski definition) is 4. The molecule has 0 saturated heterocycles. The average Bonchev–Trinajstić information content (AvgIpc) is 2.64. The van der Waals surface area contributed by atoms with E-state index in [1.54, 1.807) is 19.1 Å². The van der Waals surface area contributed by atoms with Crippen molar-refractivity contribution < 1.29 is 38.7 Å². The number of hydrogen-bond acceptors (Lipinski definition) is 6. The molecule has 9 heteroatoms. The van der Waals surface area contributed by atoms with Crippen LogP contribution in [0.5, 0.6) is 0 Å². The van der Waals surface area contributed by atoms with Gasteiger partial charge in [-0.3, -0.25) is 14.1 Å². The highest BCUT2D eigenvalue weighted by Crippen LogP contribution is 2.63. The Labute approximate surface area is 175 Å². The molecular weight excluding hydrogens is 411 g/mol. The van der Waals surface area contributed by atoms with E-state index in [-0.39, 0.29) is 36.4 Å². The molecule has 0 aromatic heterocycles. The maximum absolute atomic E-state index is 13.4. The number of fused-ring (bicyclic) bond motifs is 5. The van der Waals surface area contributed by atoms with Crippen LogP contribution in [0.15, 0.2) is 23.8 Å². The summed E-state index contributed by atoms with van der Waals surface area (Å²) in [6.07, 6.45) is 6.47. The van der Waals surface area contributed by atoms with Crippen LogP contribution in [-0.2, 0) is 18.7 Å². The van der Waals surface area contributed by atoms with Gasteiger partial charge >= 0.3 is 7.82 Å². The van der Waals surface area contributed by atoms with Gasteiger partial charge < -0.3 is 20.0 Å². The zero-order valence-corrected chi connectivity index (χ0v) is 18.0. The molecule has 0 aromatic carbocycles. The summed E-state index contributed by atoms with van der Waals surface area (Å²) in [6, 6.07) is 0. The second-order valence-electron chi connectivity index (χ2n) is 9.88. The fourth-order valence-electron chi connectivity index (χ4n) is 6.83. The zero-order chi connectivity index (χ0) is 22.1.